The van der Waals surface area contributed by atoms with Crippen molar-refractivity contribution >= 4 is 81.8 Å². The fourth-order valence-electron chi connectivity index (χ4n) is 13.4. The van der Waals surface area contributed by atoms with Crippen molar-refractivity contribution in [2.24, 2.45) is 0 Å². The summed E-state index contributed by atoms with van der Waals surface area (Å²) in [7, 11) is -26.0. The molecule has 0 aromatic heterocycles. The lowest BCUT2D eigenvalue weighted by atomic mass is 9.98. The predicted octanol–water partition coefficient (Wildman–Crippen LogP) is 24.6. The van der Waals surface area contributed by atoms with Crippen LogP contribution in [-0.2, 0) is 70.2 Å². The van der Waals surface area contributed by atoms with Gasteiger partial charge in [-0.05, 0) is 316 Å². The van der Waals surface area contributed by atoms with Gasteiger partial charge in [0.15, 0.2) is 0 Å². The van der Waals surface area contributed by atoms with Crippen LogP contribution in [0.1, 0.15) is 350 Å². The van der Waals surface area contributed by atoms with Gasteiger partial charge in [0, 0.05) is 51.4 Å². The van der Waals surface area contributed by atoms with E-state index in [2.05, 4.69) is 88.8 Å². The van der Waals surface area contributed by atoms with Crippen LogP contribution in [0.4, 0.5) is 39.5 Å². The van der Waals surface area contributed by atoms with Gasteiger partial charge in [-0.25, -0.2) is 105 Å². The number of nitrogens with one attached hydrogen (secondary N) is 7. The first-order valence-electron chi connectivity index (χ1n) is 45.2. The normalized spacial score (nSPS) is 12.9. The van der Waals surface area contributed by atoms with Crippen LogP contribution >= 0.6 is 11.6 Å². The summed E-state index contributed by atoms with van der Waals surface area (Å²) in [4.78, 5) is -0.129. The van der Waals surface area contributed by atoms with Crippen LogP contribution in [-0.4, -0.2) is 119 Å². The molecular formula is C98H151ClF9N7O17S7. The van der Waals surface area contributed by atoms with Crippen LogP contribution in [0, 0.1) is 33.5 Å². The van der Waals surface area contributed by atoms with Gasteiger partial charge in [-0.1, -0.05) is 158 Å². The highest BCUT2D eigenvalue weighted by atomic mass is 35.5. The number of hydrogen-bond donors (Lipinski definition) is 7. The molecule has 0 fully saturated rings. The van der Waals surface area contributed by atoms with Gasteiger partial charge >= 0.3 is 19.8 Å². The average molecular weight is 2130 g/mol. The molecule has 0 saturated heterocycles. The summed E-state index contributed by atoms with van der Waals surface area (Å²) in [5, 5.41) is -0.344. The average Bonchev–Trinajstić information content (AvgIpc) is 0.768. The molecule has 0 radical (unpaired) electrons. The van der Waals surface area contributed by atoms with Gasteiger partial charge in [-0.15, -0.1) is 0 Å². The van der Waals surface area contributed by atoms with Crippen molar-refractivity contribution in [1.29, 1.82) is 0 Å². The van der Waals surface area contributed by atoms with Gasteiger partial charge < -0.3 is 14.2 Å². The van der Waals surface area contributed by atoms with Gasteiger partial charge in [-0.2, -0.15) is 26.3 Å². The molecule has 0 saturated carbocycles. The molecule has 0 bridgehead atoms. The van der Waals surface area contributed by atoms with E-state index in [0.717, 1.165) is 35.2 Å². The van der Waals surface area contributed by atoms with E-state index >= 15 is 0 Å². The minimum Gasteiger partial charge on any atom is -0.434 e. The highest BCUT2D eigenvalue weighted by molar-refractivity contribution is 7.91. The number of aryl methyl sites for hydroxylation is 3. The zero-order valence-electron chi connectivity index (χ0n) is 87.2. The Morgan fingerprint density at radius 3 is 0.871 bits per heavy atom. The zero-order chi connectivity index (χ0) is 109. The van der Waals surface area contributed by atoms with Crippen LogP contribution in [0.25, 0.3) is 0 Å². The van der Waals surface area contributed by atoms with E-state index in [1.165, 1.54) is 66.1 Å². The Kier molecular flexibility index (Phi) is 49.2. The van der Waals surface area contributed by atoms with Gasteiger partial charge in [0.1, 0.15) is 33.0 Å². The van der Waals surface area contributed by atoms with Crippen LogP contribution < -0.4 is 47.3 Å². The van der Waals surface area contributed by atoms with Crippen LogP contribution in [0.2, 0.25) is 5.02 Å². The van der Waals surface area contributed by atoms with Crippen LogP contribution in [0.5, 0.6) is 17.2 Å². The molecule has 0 unspecified atom stereocenters. The third-order valence-corrected chi connectivity index (χ3v) is 32.3. The Bertz CT molecular complexity index is 5970. The molecule has 7 rings (SSSR count). The number of halogens is 10. The van der Waals surface area contributed by atoms with E-state index < -0.39 is 140 Å². The quantitative estimate of drug-likeness (QED) is 0.0193. The first kappa shape index (κ1) is 130. The number of rotatable bonds is 32. The molecule has 139 heavy (non-hydrogen) atoms. The lowest BCUT2D eigenvalue weighted by molar-refractivity contribution is -0.0517. The molecule has 7 aromatic carbocycles. The Balaban J connectivity index is 0.000000812. The maximum atomic E-state index is 14.2. The van der Waals surface area contributed by atoms with Crippen molar-refractivity contribution in [2.75, 3.05) is 0 Å². The van der Waals surface area contributed by atoms with Crippen molar-refractivity contribution < 1.29 is 113 Å². The van der Waals surface area contributed by atoms with Crippen molar-refractivity contribution in [3.63, 3.8) is 0 Å². The third kappa shape index (κ3) is 43.0. The van der Waals surface area contributed by atoms with Gasteiger partial charge in [-0.3, -0.25) is 0 Å². The fourth-order valence-corrected chi connectivity index (χ4v) is 24.4. The minimum absolute atomic E-state index is 0.0533. The summed E-state index contributed by atoms with van der Waals surface area (Å²) in [6.45, 7) is 58.0. The highest BCUT2D eigenvalue weighted by Gasteiger charge is 2.35. The van der Waals surface area contributed by atoms with Crippen molar-refractivity contribution in [3.05, 3.63) is 187 Å². The summed E-state index contributed by atoms with van der Waals surface area (Å²) >= 11 is 6.04. The highest BCUT2D eigenvalue weighted by Crippen LogP contribution is 2.42. The number of alkyl halides is 8. The molecule has 24 nitrogen and oxygen atoms in total. The van der Waals surface area contributed by atoms with E-state index in [9.17, 15) is 98.4 Å². The standard InChI is InChI=1S/C15H23F2NO3S.C15H25NO2S.C14H20ClF2NO3S.C14H20F3NO2S.C14H23NO2S.C13H19F2NO3S.C13H21NO2S/c1-9(2)11-7-8-12(10(3)13(11)21-14(16)17)22(19,20)18-15(4,5)6;1-7-15(5,6)16-19(17,18)13-8-9-14(11(2)3)12(4)10-13;1-8(2)9-6-7-10(11(15)12(9)21-13(16)17)22(19,20)18-14(3,4)5;1-8(2)9-6-7-10(11(12(9)15)13(16)17)21(19,20)18-14(3,4)5;1-10(2)13-8-7-12(9-11(13)3)18(16,17)15-14(4,5)6;1-8(2)11-6-5-10(7-12(11)19-13(14)15)20(17,18)16-9(3)4;1-9(2)13-7-6-12(8-11(13)5)17(15,16)14-10(3)4/h7-9,14,18H,1-6H3;8-11,16H,7H2,1-6H3;6-8,13,18H,1-5H3;6-8,13,18H,1-5H3;7-10,15H,1-6H3;5-9,13,16H,1-4H3;6-10,14H,1-5H3. The van der Waals surface area contributed by atoms with Crippen molar-refractivity contribution in [1.82, 2.24) is 33.1 Å². The topological polar surface area (TPSA) is 351 Å². The Morgan fingerprint density at radius 1 is 0.309 bits per heavy atom. The summed E-state index contributed by atoms with van der Waals surface area (Å²) < 4.78 is 318. The monoisotopic (exact) mass is 2130 g/mol. The summed E-state index contributed by atoms with van der Waals surface area (Å²) in [5.41, 5.74) is 4.14. The number of benzene rings is 7. The molecule has 792 valence electrons. The van der Waals surface area contributed by atoms with Crippen LogP contribution in [0.3, 0.4) is 0 Å². The molecule has 0 atom stereocenters. The number of ether oxygens (including phenoxy) is 3. The first-order valence-corrected chi connectivity index (χ1v) is 55.9. The molecule has 0 spiro atoms. The first-order chi connectivity index (χ1) is 62.5. The Labute approximate surface area is 830 Å². The fraction of sp³-hybridized carbons (Fsp3) is 0.571. The SMILES string of the molecule is CC(C)NS(=O)(=O)c1ccc(C(C)C)c(OC(F)F)c1.CC(C)c1ccc(S(=O)(=O)NC(C)(C)C)c(C(F)F)c1F.CC(C)c1ccc(S(=O)(=O)NC(C)(C)C)c(Cl)c1OC(F)F.CCC(C)(C)NS(=O)(=O)c1ccc(C(C)C)c(C)c1.Cc1c(S(=O)(=O)NC(C)(C)C)ccc(C(C)C)c1OC(F)F.Cc1cc(S(=O)(=O)NC(C)(C)C)ccc1C(C)C.Cc1cc(S(=O)(=O)NC(C)C)ccc1C(C)C. The van der Waals surface area contributed by atoms with E-state index in [-0.39, 0.29) is 83.8 Å². The van der Waals surface area contributed by atoms with Crippen LogP contribution in [0.15, 0.2) is 143 Å². The Hall–Kier alpha value is -7.03. The van der Waals surface area contributed by atoms with Gasteiger partial charge in [0.25, 0.3) is 6.43 Å². The summed E-state index contributed by atoms with van der Waals surface area (Å²) in [6, 6.07) is 27.6. The van der Waals surface area contributed by atoms with Crippen molar-refractivity contribution in [3.8, 4) is 17.2 Å². The van der Waals surface area contributed by atoms with E-state index in [0.29, 0.717) is 49.1 Å². The summed E-state index contributed by atoms with van der Waals surface area (Å²) in [5.74, 6) is -1.03. The molecule has 7 N–H and O–H groups in total. The van der Waals surface area contributed by atoms with Gasteiger partial charge in [0.05, 0.1) is 34.9 Å². The van der Waals surface area contributed by atoms with E-state index in [1.807, 2.05) is 122 Å². The summed E-state index contributed by atoms with van der Waals surface area (Å²) in [6.07, 6.45) is -2.47. The number of hydrogen-bond acceptors (Lipinski definition) is 17. The lowest BCUT2D eigenvalue weighted by Gasteiger charge is -2.24. The lowest BCUT2D eigenvalue weighted by Crippen LogP contribution is -2.42. The van der Waals surface area contributed by atoms with Gasteiger partial charge in [0.2, 0.25) is 70.2 Å². The molecule has 0 aliphatic carbocycles. The molecule has 7 aromatic rings. The molecule has 41 heteroatoms. The molecule has 0 aliphatic heterocycles. The Morgan fingerprint density at radius 2 is 0.568 bits per heavy atom. The molecule has 0 heterocycles. The third-order valence-electron chi connectivity index (χ3n) is 19.5. The second-order valence-electron chi connectivity index (χ2n) is 40.9. The smallest absolute Gasteiger partial charge is 0.387 e. The molecular weight excluding hydrogens is 1980 g/mol. The maximum absolute atomic E-state index is 14.2. The second-order valence-corrected chi connectivity index (χ2v) is 53.0. The maximum Gasteiger partial charge on any atom is 0.387 e. The largest absolute Gasteiger partial charge is 0.434 e. The van der Waals surface area contributed by atoms with E-state index in [4.69, 9.17) is 11.6 Å². The predicted molar refractivity (Wildman–Crippen MR) is 538 cm³/mol. The zero-order valence-corrected chi connectivity index (χ0v) is 93.7. The number of sulfonamides is 7. The minimum atomic E-state index is -4.23. The second kappa shape index (κ2) is 52.7. The van der Waals surface area contributed by atoms with E-state index in [1.54, 1.807) is 140 Å². The molecule has 0 aliphatic rings. The molecule has 0 amide bonds. The van der Waals surface area contributed by atoms with Crippen molar-refractivity contribution in [2.45, 2.75) is 404 Å².